The van der Waals surface area contributed by atoms with E-state index in [4.69, 9.17) is 0 Å². The molecule has 0 aliphatic heterocycles. The predicted molar refractivity (Wildman–Crippen MR) is 133 cm³/mol. The van der Waals surface area contributed by atoms with Gasteiger partial charge in [0.1, 0.15) is 5.82 Å². The summed E-state index contributed by atoms with van der Waals surface area (Å²) in [6.07, 6.45) is 19.2. The van der Waals surface area contributed by atoms with Crippen LogP contribution in [0.2, 0.25) is 0 Å². The number of nitrogens with zero attached hydrogens (tertiary/aromatic N) is 2. The van der Waals surface area contributed by atoms with Crippen LogP contribution in [0.15, 0.2) is 30.3 Å². The highest BCUT2D eigenvalue weighted by molar-refractivity contribution is 5.59. The number of aryl methyl sites for hydroxylation is 2. The fourth-order valence-electron chi connectivity index (χ4n) is 5.16. The maximum Gasteiger partial charge on any atom is 0.132 e. The second-order valence-electron chi connectivity index (χ2n) is 9.96. The number of halogens is 1. The maximum absolute atomic E-state index is 14.6. The van der Waals surface area contributed by atoms with Crippen LogP contribution in [0.4, 0.5) is 4.39 Å². The molecule has 3 heteroatoms. The molecule has 1 fully saturated rings. The zero-order valence-electron chi connectivity index (χ0n) is 20.4. The van der Waals surface area contributed by atoms with Crippen LogP contribution in [-0.4, -0.2) is 10.2 Å². The molecular formula is C29H43FN2. The van der Waals surface area contributed by atoms with Crippen LogP contribution in [0.5, 0.6) is 0 Å². The van der Waals surface area contributed by atoms with Gasteiger partial charge < -0.3 is 0 Å². The fraction of sp³-hybridized carbons (Fsp3) is 0.655. The lowest BCUT2D eigenvalue weighted by Crippen LogP contribution is -2.15. The third kappa shape index (κ3) is 7.98. The van der Waals surface area contributed by atoms with Crippen LogP contribution in [0, 0.1) is 17.7 Å². The highest BCUT2D eigenvalue weighted by Crippen LogP contribution is 2.34. The van der Waals surface area contributed by atoms with E-state index >= 15 is 0 Å². The molecule has 2 aromatic rings. The van der Waals surface area contributed by atoms with Gasteiger partial charge in [-0.25, -0.2) is 4.39 Å². The molecule has 1 aromatic heterocycles. The highest BCUT2D eigenvalue weighted by Gasteiger charge is 2.21. The van der Waals surface area contributed by atoms with Gasteiger partial charge in [0.15, 0.2) is 0 Å². The number of hydrogen-bond donors (Lipinski definition) is 0. The molecule has 1 saturated carbocycles. The second-order valence-corrected chi connectivity index (χ2v) is 9.96. The molecule has 0 saturated heterocycles. The van der Waals surface area contributed by atoms with Crippen molar-refractivity contribution in [3.8, 4) is 11.3 Å². The Morgan fingerprint density at radius 2 is 1.47 bits per heavy atom. The molecule has 1 aliphatic carbocycles. The van der Waals surface area contributed by atoms with Crippen LogP contribution < -0.4 is 0 Å². The summed E-state index contributed by atoms with van der Waals surface area (Å²) in [5.74, 6) is 1.61. The SMILES string of the molecule is CCCCCCC1CCC(CCc2ccc(-c3ccc(CCCCC)cc3F)nn2)CC1. The van der Waals surface area contributed by atoms with Gasteiger partial charge in [0.05, 0.1) is 11.4 Å². The number of benzene rings is 1. The van der Waals surface area contributed by atoms with Crippen molar-refractivity contribution in [3.05, 3.63) is 47.4 Å². The van der Waals surface area contributed by atoms with Crippen molar-refractivity contribution < 1.29 is 4.39 Å². The third-order valence-corrected chi connectivity index (χ3v) is 7.34. The molecule has 0 unspecified atom stereocenters. The molecule has 0 N–H and O–H groups in total. The highest BCUT2D eigenvalue weighted by atomic mass is 19.1. The maximum atomic E-state index is 14.6. The number of aromatic nitrogens is 2. The van der Waals surface area contributed by atoms with E-state index in [-0.39, 0.29) is 5.82 Å². The normalized spacial score (nSPS) is 18.7. The first-order valence-electron chi connectivity index (χ1n) is 13.3. The monoisotopic (exact) mass is 438 g/mol. The van der Waals surface area contributed by atoms with Crippen LogP contribution in [-0.2, 0) is 12.8 Å². The van der Waals surface area contributed by atoms with E-state index in [1.807, 2.05) is 24.3 Å². The van der Waals surface area contributed by atoms with Crippen LogP contribution >= 0.6 is 0 Å². The van der Waals surface area contributed by atoms with Gasteiger partial charge in [-0.2, -0.15) is 10.2 Å². The molecule has 176 valence electrons. The molecule has 3 rings (SSSR count). The van der Waals surface area contributed by atoms with Crippen LogP contribution in [0.25, 0.3) is 11.3 Å². The van der Waals surface area contributed by atoms with E-state index in [9.17, 15) is 4.39 Å². The van der Waals surface area contributed by atoms with Gasteiger partial charge in [0.25, 0.3) is 0 Å². The third-order valence-electron chi connectivity index (χ3n) is 7.34. The summed E-state index contributed by atoms with van der Waals surface area (Å²) >= 11 is 0. The molecule has 1 heterocycles. The standard InChI is InChI=1S/C29H43FN2/c1-3-5-7-9-10-23-12-14-24(15-13-23)16-18-26-19-21-29(32-31-26)27-20-17-25(22-28(27)30)11-8-6-4-2/h17,19-24H,3-16,18H2,1-2H3. The minimum absolute atomic E-state index is 0.187. The number of rotatable bonds is 13. The van der Waals surface area contributed by atoms with E-state index in [0.717, 1.165) is 42.4 Å². The van der Waals surface area contributed by atoms with Crippen molar-refractivity contribution >= 4 is 0 Å². The van der Waals surface area contributed by atoms with Gasteiger partial charge in [-0.1, -0.05) is 90.5 Å². The van der Waals surface area contributed by atoms with Crippen molar-refractivity contribution in [1.29, 1.82) is 0 Å². The zero-order chi connectivity index (χ0) is 22.6. The average Bonchev–Trinajstić information content (AvgIpc) is 2.82. The molecule has 0 bridgehead atoms. The smallest absolute Gasteiger partial charge is 0.132 e. The number of hydrogen-bond acceptors (Lipinski definition) is 2. The average molecular weight is 439 g/mol. The lowest BCUT2D eigenvalue weighted by atomic mass is 9.78. The Bertz CT molecular complexity index is 778. The van der Waals surface area contributed by atoms with Gasteiger partial charge in [-0.3, -0.25) is 0 Å². The molecule has 0 amide bonds. The lowest BCUT2D eigenvalue weighted by Gasteiger charge is -2.28. The summed E-state index contributed by atoms with van der Waals surface area (Å²) in [5.41, 5.74) is 3.29. The van der Waals surface area contributed by atoms with Crippen molar-refractivity contribution in [1.82, 2.24) is 10.2 Å². The lowest BCUT2D eigenvalue weighted by molar-refractivity contribution is 0.248. The van der Waals surface area contributed by atoms with Gasteiger partial charge in [-0.05, 0) is 67.3 Å². The summed E-state index contributed by atoms with van der Waals surface area (Å²) in [4.78, 5) is 0. The van der Waals surface area contributed by atoms with E-state index in [0.29, 0.717) is 11.3 Å². The van der Waals surface area contributed by atoms with E-state index in [1.165, 1.54) is 77.0 Å². The summed E-state index contributed by atoms with van der Waals surface area (Å²) in [6, 6.07) is 9.53. The zero-order valence-corrected chi connectivity index (χ0v) is 20.4. The quantitative estimate of drug-likeness (QED) is 0.292. The Kier molecular flexibility index (Phi) is 10.6. The van der Waals surface area contributed by atoms with Gasteiger partial charge in [-0.15, -0.1) is 0 Å². The second kappa shape index (κ2) is 13.7. The topological polar surface area (TPSA) is 25.8 Å². The van der Waals surface area contributed by atoms with Crippen molar-refractivity contribution in [3.63, 3.8) is 0 Å². The first-order chi connectivity index (χ1) is 15.7. The Hall–Kier alpha value is -1.77. The first kappa shape index (κ1) is 24.9. The number of unbranched alkanes of at least 4 members (excludes halogenated alkanes) is 5. The van der Waals surface area contributed by atoms with E-state index in [2.05, 4.69) is 24.0 Å². The fourth-order valence-corrected chi connectivity index (χ4v) is 5.16. The van der Waals surface area contributed by atoms with Crippen molar-refractivity contribution in [2.45, 2.75) is 110 Å². The van der Waals surface area contributed by atoms with Crippen molar-refractivity contribution in [2.24, 2.45) is 11.8 Å². The summed E-state index contributed by atoms with van der Waals surface area (Å²) in [6.45, 7) is 4.47. The first-order valence-corrected chi connectivity index (χ1v) is 13.3. The molecule has 1 aliphatic rings. The molecule has 32 heavy (non-hydrogen) atoms. The largest absolute Gasteiger partial charge is 0.206 e. The van der Waals surface area contributed by atoms with Gasteiger partial charge in [0, 0.05) is 5.56 Å². The predicted octanol–water partition coefficient (Wildman–Crippen LogP) is 8.72. The molecular weight excluding hydrogens is 395 g/mol. The molecule has 1 aromatic carbocycles. The molecule has 0 radical (unpaired) electrons. The Labute approximate surface area is 195 Å². The van der Waals surface area contributed by atoms with E-state index in [1.54, 1.807) is 6.07 Å². The summed E-state index contributed by atoms with van der Waals surface area (Å²) in [5, 5.41) is 8.77. The Morgan fingerprint density at radius 3 is 2.12 bits per heavy atom. The molecule has 0 spiro atoms. The van der Waals surface area contributed by atoms with Gasteiger partial charge >= 0.3 is 0 Å². The summed E-state index contributed by atoms with van der Waals surface area (Å²) in [7, 11) is 0. The molecule has 0 atom stereocenters. The minimum Gasteiger partial charge on any atom is -0.206 e. The van der Waals surface area contributed by atoms with Crippen molar-refractivity contribution in [2.75, 3.05) is 0 Å². The molecule has 2 nitrogen and oxygen atoms in total. The Morgan fingerprint density at radius 1 is 0.750 bits per heavy atom. The van der Waals surface area contributed by atoms with Crippen LogP contribution in [0.3, 0.4) is 0 Å². The van der Waals surface area contributed by atoms with Gasteiger partial charge in [0.2, 0.25) is 0 Å². The summed E-state index contributed by atoms with van der Waals surface area (Å²) < 4.78 is 14.6. The van der Waals surface area contributed by atoms with Crippen LogP contribution in [0.1, 0.15) is 109 Å². The minimum atomic E-state index is -0.187. The Balaban J connectivity index is 1.42. The van der Waals surface area contributed by atoms with E-state index < -0.39 is 0 Å².